The Morgan fingerprint density at radius 1 is 1.52 bits per heavy atom. The van der Waals surface area contributed by atoms with E-state index in [0.29, 0.717) is 0 Å². The summed E-state index contributed by atoms with van der Waals surface area (Å²) in [5, 5.41) is 8.76. The number of likely N-dealkylation sites (N-methyl/N-ethyl adjacent to an activating group) is 1. The van der Waals surface area contributed by atoms with Gasteiger partial charge in [-0.15, -0.1) is 0 Å². The summed E-state index contributed by atoms with van der Waals surface area (Å²) >= 11 is 0. The van der Waals surface area contributed by atoms with E-state index in [1.54, 1.807) is 18.0 Å². The van der Waals surface area contributed by atoms with Crippen LogP contribution in [-0.2, 0) is 6.18 Å². The molecule has 1 aromatic heterocycles. The summed E-state index contributed by atoms with van der Waals surface area (Å²) in [6.45, 7) is 7.34. The molecule has 1 aromatic rings. The minimum atomic E-state index is -4.59. The fourth-order valence-electron chi connectivity index (χ4n) is 1.91. The number of alkyl halides is 3. The number of anilines is 1. The number of hydrogen-bond donors (Lipinski definition) is 0. The first kappa shape index (κ1) is 16.8. The molecule has 1 heterocycles. The van der Waals surface area contributed by atoms with Gasteiger partial charge in [0, 0.05) is 13.2 Å². The van der Waals surface area contributed by atoms with Crippen molar-refractivity contribution in [2.45, 2.75) is 26.1 Å². The van der Waals surface area contributed by atoms with Gasteiger partial charge >= 0.3 is 6.18 Å². The molecule has 3 nitrogen and oxygen atoms in total. The highest BCUT2D eigenvalue weighted by Gasteiger charge is 2.34. The van der Waals surface area contributed by atoms with E-state index in [-0.39, 0.29) is 11.9 Å². The van der Waals surface area contributed by atoms with E-state index < -0.39 is 17.3 Å². The molecule has 112 valence electrons. The lowest BCUT2D eigenvalue weighted by Crippen LogP contribution is -2.31. The van der Waals surface area contributed by atoms with Crippen LogP contribution in [0.5, 0.6) is 0 Å². The molecule has 0 aliphatic rings. The SMILES string of the molecule is C=CC(=CC)C(C)N(C)c1cc(C(F)(F)F)c(C#N)cn1. The van der Waals surface area contributed by atoms with Gasteiger partial charge in [-0.25, -0.2) is 4.98 Å². The molecular formula is C15H16F3N3. The summed E-state index contributed by atoms with van der Waals surface area (Å²) < 4.78 is 38.8. The molecule has 0 bridgehead atoms. The van der Waals surface area contributed by atoms with Gasteiger partial charge in [-0.3, -0.25) is 0 Å². The summed E-state index contributed by atoms with van der Waals surface area (Å²) in [6, 6.07) is 2.22. The topological polar surface area (TPSA) is 39.9 Å². The summed E-state index contributed by atoms with van der Waals surface area (Å²) in [5.41, 5.74) is -0.589. The third-order valence-electron chi connectivity index (χ3n) is 3.31. The Bertz CT molecular complexity index is 597. The number of allylic oxidation sites excluding steroid dienone is 1. The van der Waals surface area contributed by atoms with E-state index in [1.165, 1.54) is 6.07 Å². The van der Waals surface area contributed by atoms with Crippen LogP contribution in [0.25, 0.3) is 0 Å². The Morgan fingerprint density at radius 3 is 2.57 bits per heavy atom. The van der Waals surface area contributed by atoms with Gasteiger partial charge in [0.25, 0.3) is 0 Å². The molecular weight excluding hydrogens is 279 g/mol. The van der Waals surface area contributed by atoms with Crippen molar-refractivity contribution >= 4 is 5.82 Å². The van der Waals surface area contributed by atoms with Crippen LogP contribution in [0.15, 0.2) is 36.6 Å². The van der Waals surface area contributed by atoms with Crippen molar-refractivity contribution in [3.8, 4) is 6.07 Å². The predicted molar refractivity (Wildman–Crippen MR) is 75.8 cm³/mol. The lowest BCUT2D eigenvalue weighted by molar-refractivity contribution is -0.137. The number of halogens is 3. The van der Waals surface area contributed by atoms with Crippen molar-refractivity contribution in [3.05, 3.63) is 47.7 Å². The number of nitrogens with zero attached hydrogens (tertiary/aromatic N) is 3. The van der Waals surface area contributed by atoms with Gasteiger partial charge in [0.1, 0.15) is 11.9 Å². The zero-order chi connectivity index (χ0) is 16.2. The van der Waals surface area contributed by atoms with Crippen LogP contribution >= 0.6 is 0 Å². The van der Waals surface area contributed by atoms with Crippen LogP contribution in [0, 0.1) is 11.3 Å². The van der Waals surface area contributed by atoms with Crippen molar-refractivity contribution in [3.63, 3.8) is 0 Å². The maximum atomic E-state index is 12.9. The Balaban J connectivity index is 3.27. The molecule has 0 saturated heterocycles. The van der Waals surface area contributed by atoms with Crippen LogP contribution in [0.3, 0.4) is 0 Å². The molecule has 0 saturated carbocycles. The highest BCUT2D eigenvalue weighted by Crippen LogP contribution is 2.33. The molecule has 0 N–H and O–H groups in total. The molecule has 0 aliphatic heterocycles. The van der Waals surface area contributed by atoms with Crippen molar-refractivity contribution in [2.24, 2.45) is 0 Å². The maximum absolute atomic E-state index is 12.9. The van der Waals surface area contributed by atoms with Crippen LogP contribution in [-0.4, -0.2) is 18.1 Å². The number of pyridine rings is 1. The highest BCUT2D eigenvalue weighted by molar-refractivity contribution is 5.50. The fourth-order valence-corrected chi connectivity index (χ4v) is 1.91. The van der Waals surface area contributed by atoms with Gasteiger partial charge in [-0.2, -0.15) is 18.4 Å². The number of hydrogen-bond acceptors (Lipinski definition) is 3. The monoisotopic (exact) mass is 295 g/mol. The molecule has 21 heavy (non-hydrogen) atoms. The lowest BCUT2D eigenvalue weighted by Gasteiger charge is -2.27. The minimum absolute atomic E-state index is 0.148. The van der Waals surface area contributed by atoms with E-state index in [2.05, 4.69) is 11.6 Å². The quantitative estimate of drug-likeness (QED) is 0.790. The van der Waals surface area contributed by atoms with E-state index >= 15 is 0 Å². The second kappa shape index (κ2) is 6.44. The highest BCUT2D eigenvalue weighted by atomic mass is 19.4. The molecule has 1 atom stereocenters. The van der Waals surface area contributed by atoms with Crippen molar-refractivity contribution in [1.29, 1.82) is 5.26 Å². The zero-order valence-electron chi connectivity index (χ0n) is 12.1. The second-order valence-electron chi connectivity index (χ2n) is 4.48. The standard InChI is InChI=1S/C15H16F3N3/c1-5-11(6-2)10(3)21(4)14-7-13(15(16,17)18)12(8-19)9-20-14/h5-7,9-10H,1H2,2-4H3. The third kappa shape index (κ3) is 3.63. The third-order valence-corrected chi connectivity index (χ3v) is 3.31. The summed E-state index contributed by atoms with van der Waals surface area (Å²) in [7, 11) is 1.65. The summed E-state index contributed by atoms with van der Waals surface area (Å²) in [6.07, 6.45) is -0.155. The predicted octanol–water partition coefficient (Wildman–Crippen LogP) is 3.93. The van der Waals surface area contributed by atoms with E-state index in [1.807, 2.05) is 19.9 Å². The summed E-state index contributed by atoms with van der Waals surface area (Å²) in [4.78, 5) is 5.54. The van der Waals surface area contributed by atoms with Crippen LogP contribution in [0.2, 0.25) is 0 Å². The van der Waals surface area contributed by atoms with Gasteiger partial charge in [0.15, 0.2) is 0 Å². The zero-order valence-corrected chi connectivity index (χ0v) is 12.1. The molecule has 0 radical (unpaired) electrons. The van der Waals surface area contributed by atoms with Crippen LogP contribution in [0.1, 0.15) is 25.0 Å². The Labute approximate surface area is 122 Å². The molecule has 0 spiro atoms. The molecule has 6 heteroatoms. The van der Waals surface area contributed by atoms with Gasteiger partial charge < -0.3 is 4.90 Å². The van der Waals surface area contributed by atoms with Crippen LogP contribution in [0.4, 0.5) is 19.0 Å². The van der Waals surface area contributed by atoms with Gasteiger partial charge in [-0.05, 0) is 25.5 Å². The van der Waals surface area contributed by atoms with E-state index in [0.717, 1.165) is 17.8 Å². The molecule has 0 aliphatic carbocycles. The van der Waals surface area contributed by atoms with Crippen LogP contribution < -0.4 is 4.90 Å². The average molecular weight is 295 g/mol. The number of nitriles is 1. The fraction of sp³-hybridized carbons (Fsp3) is 0.333. The Kier molecular flexibility index (Phi) is 5.14. The first-order valence-electron chi connectivity index (χ1n) is 6.25. The maximum Gasteiger partial charge on any atom is 0.417 e. The smallest absolute Gasteiger partial charge is 0.353 e. The normalized spacial score (nSPS) is 13.5. The second-order valence-corrected chi connectivity index (χ2v) is 4.48. The lowest BCUT2D eigenvalue weighted by atomic mass is 10.1. The van der Waals surface area contributed by atoms with Gasteiger partial charge in [0.05, 0.1) is 17.2 Å². The Hall–Kier alpha value is -2.29. The van der Waals surface area contributed by atoms with Crippen molar-refractivity contribution in [2.75, 3.05) is 11.9 Å². The largest absolute Gasteiger partial charge is 0.417 e. The molecule has 0 aromatic carbocycles. The van der Waals surface area contributed by atoms with Gasteiger partial charge in [0.2, 0.25) is 0 Å². The summed E-state index contributed by atoms with van der Waals surface area (Å²) in [5.74, 6) is 0.148. The average Bonchev–Trinajstić information content (AvgIpc) is 2.46. The van der Waals surface area contributed by atoms with Crippen molar-refractivity contribution in [1.82, 2.24) is 4.98 Å². The number of rotatable bonds is 4. The van der Waals surface area contributed by atoms with Gasteiger partial charge in [-0.1, -0.05) is 18.7 Å². The van der Waals surface area contributed by atoms with E-state index in [4.69, 9.17) is 5.26 Å². The number of aromatic nitrogens is 1. The first-order valence-corrected chi connectivity index (χ1v) is 6.25. The van der Waals surface area contributed by atoms with Crippen molar-refractivity contribution < 1.29 is 13.2 Å². The molecule has 1 unspecified atom stereocenters. The first-order chi connectivity index (χ1) is 9.76. The van der Waals surface area contributed by atoms with E-state index in [9.17, 15) is 13.2 Å². The molecule has 0 fully saturated rings. The molecule has 0 amide bonds. The minimum Gasteiger partial charge on any atom is -0.353 e. The Morgan fingerprint density at radius 2 is 2.14 bits per heavy atom. The molecule has 1 rings (SSSR count).